The van der Waals surface area contributed by atoms with Crippen LogP contribution in [0.3, 0.4) is 0 Å². The van der Waals surface area contributed by atoms with Crippen LogP contribution in [0.4, 0.5) is 0 Å². The zero-order valence-corrected chi connectivity index (χ0v) is 20.0. The van der Waals surface area contributed by atoms with Gasteiger partial charge in [-0.15, -0.1) is 0 Å². The maximum Gasteiger partial charge on any atom is 0.258 e. The van der Waals surface area contributed by atoms with Gasteiger partial charge in [-0.2, -0.15) is 11.3 Å². The summed E-state index contributed by atoms with van der Waals surface area (Å²) in [6, 6.07) is 0. The number of allylic oxidation sites excluding steroid dienone is 1. The summed E-state index contributed by atoms with van der Waals surface area (Å²) < 4.78 is 1.76. The van der Waals surface area contributed by atoms with Gasteiger partial charge in [0.15, 0.2) is 0 Å². The molecule has 0 radical (unpaired) electrons. The third kappa shape index (κ3) is 4.95. The van der Waals surface area contributed by atoms with Crippen molar-refractivity contribution >= 4 is 34.7 Å². The second-order valence-electron chi connectivity index (χ2n) is 8.05. The lowest BCUT2D eigenvalue weighted by atomic mass is 10.0. The Kier molecular flexibility index (Phi) is 7.27. The van der Waals surface area contributed by atoms with Crippen molar-refractivity contribution in [2.24, 2.45) is 0 Å². The smallest absolute Gasteiger partial charge is 0.258 e. The first-order valence-electron chi connectivity index (χ1n) is 10.8. The van der Waals surface area contributed by atoms with E-state index < -0.39 is 0 Å². The Morgan fingerprint density at radius 2 is 2.26 bits per heavy atom. The van der Waals surface area contributed by atoms with E-state index in [-0.39, 0.29) is 5.56 Å². The first kappa shape index (κ1) is 22.3. The quantitative estimate of drug-likeness (QED) is 0.477. The summed E-state index contributed by atoms with van der Waals surface area (Å²) >= 11 is 3.40. The van der Waals surface area contributed by atoms with Crippen LogP contribution in [0.15, 0.2) is 50.0 Å². The molecule has 2 aliphatic heterocycles. The Bertz CT molecular complexity index is 1080. The highest BCUT2D eigenvalue weighted by Crippen LogP contribution is 2.38. The fourth-order valence-corrected chi connectivity index (χ4v) is 6.19. The zero-order chi connectivity index (χ0) is 21.8. The van der Waals surface area contributed by atoms with Crippen LogP contribution in [0.5, 0.6) is 0 Å². The summed E-state index contributed by atoms with van der Waals surface area (Å²) in [6.07, 6.45) is 8.68. The number of rotatable bonds is 8. The summed E-state index contributed by atoms with van der Waals surface area (Å²) in [5.41, 5.74) is 6.22. The lowest BCUT2D eigenvalue weighted by Gasteiger charge is -2.30. The third-order valence-corrected chi connectivity index (χ3v) is 7.94. The fraction of sp³-hybridized carbons (Fsp3) is 0.417. The molecule has 2 aromatic heterocycles. The number of nitrogens with one attached hydrogen (secondary N) is 1. The minimum atomic E-state index is 0.114. The molecule has 1 N–H and O–H groups in total. The molecule has 0 saturated carbocycles. The Morgan fingerprint density at radius 1 is 1.39 bits per heavy atom. The van der Waals surface area contributed by atoms with Crippen LogP contribution in [0, 0.1) is 0 Å². The number of fused-ring (bicyclic) bond motifs is 1. The summed E-state index contributed by atoms with van der Waals surface area (Å²) in [6.45, 7) is 10.3. The molecule has 2 aliphatic rings. The van der Waals surface area contributed by atoms with Crippen molar-refractivity contribution in [1.82, 2.24) is 19.8 Å². The maximum absolute atomic E-state index is 13.0. The number of hydrogen-bond donors (Lipinski definition) is 1. The topological polar surface area (TPSA) is 50.2 Å². The van der Waals surface area contributed by atoms with E-state index in [0.717, 1.165) is 56.0 Å². The van der Waals surface area contributed by atoms with Gasteiger partial charge in [-0.25, -0.2) is 4.98 Å². The SMILES string of the molecule is C=Cc1cscc1/C(=C/CNCCn1cnc2c(c1=O)CC1=C(CN(C)CC1)S2)CC. The molecule has 164 valence electrons. The van der Waals surface area contributed by atoms with Gasteiger partial charge in [0.25, 0.3) is 5.56 Å². The Hall–Kier alpha value is -1.93. The van der Waals surface area contributed by atoms with E-state index in [9.17, 15) is 4.79 Å². The molecular formula is C24H30N4OS2. The summed E-state index contributed by atoms with van der Waals surface area (Å²) in [5, 5.41) is 8.67. The predicted octanol–water partition coefficient (Wildman–Crippen LogP) is 4.27. The normalized spacial score (nSPS) is 16.9. The average molecular weight is 455 g/mol. The van der Waals surface area contributed by atoms with Crippen LogP contribution in [-0.4, -0.2) is 47.7 Å². The van der Waals surface area contributed by atoms with Crippen molar-refractivity contribution in [2.75, 3.05) is 33.2 Å². The molecule has 4 rings (SSSR count). The van der Waals surface area contributed by atoms with E-state index in [1.807, 2.05) is 6.08 Å². The number of aromatic nitrogens is 2. The fourth-order valence-electron chi connectivity index (χ4n) is 4.11. The molecule has 0 amide bonds. The van der Waals surface area contributed by atoms with E-state index in [1.165, 1.54) is 27.2 Å². The first-order chi connectivity index (χ1) is 15.1. The summed E-state index contributed by atoms with van der Waals surface area (Å²) in [7, 11) is 2.15. The number of thiophene rings is 1. The van der Waals surface area contributed by atoms with Crippen LogP contribution in [0.1, 0.15) is 36.5 Å². The van der Waals surface area contributed by atoms with Crippen molar-refractivity contribution in [3.63, 3.8) is 0 Å². The lowest BCUT2D eigenvalue weighted by Crippen LogP contribution is -2.33. The number of likely N-dealkylation sites (N-methyl/N-ethyl adjacent to an activating group) is 1. The van der Waals surface area contributed by atoms with Crippen molar-refractivity contribution in [1.29, 1.82) is 0 Å². The van der Waals surface area contributed by atoms with Crippen molar-refractivity contribution in [3.8, 4) is 0 Å². The molecule has 0 atom stereocenters. The Labute approximate surface area is 192 Å². The molecule has 0 aliphatic carbocycles. The molecular weight excluding hydrogens is 424 g/mol. The number of nitrogens with zero attached hydrogens (tertiary/aromatic N) is 3. The van der Waals surface area contributed by atoms with Crippen molar-refractivity contribution < 1.29 is 0 Å². The van der Waals surface area contributed by atoms with Gasteiger partial charge in [-0.3, -0.25) is 9.36 Å². The highest BCUT2D eigenvalue weighted by molar-refractivity contribution is 8.03. The van der Waals surface area contributed by atoms with Gasteiger partial charge in [-0.05, 0) is 47.3 Å². The van der Waals surface area contributed by atoms with Crippen LogP contribution < -0.4 is 10.9 Å². The Balaban J connectivity index is 1.36. The van der Waals surface area contributed by atoms with E-state index >= 15 is 0 Å². The largest absolute Gasteiger partial charge is 0.311 e. The van der Waals surface area contributed by atoms with Gasteiger partial charge in [0.05, 0.1) is 11.9 Å². The van der Waals surface area contributed by atoms with E-state index in [1.54, 1.807) is 34.0 Å². The molecule has 2 aromatic rings. The van der Waals surface area contributed by atoms with Crippen LogP contribution in [-0.2, 0) is 13.0 Å². The van der Waals surface area contributed by atoms with E-state index in [0.29, 0.717) is 6.54 Å². The minimum Gasteiger partial charge on any atom is -0.311 e. The summed E-state index contributed by atoms with van der Waals surface area (Å²) in [5.74, 6) is 0. The molecule has 0 aromatic carbocycles. The molecule has 0 bridgehead atoms. The molecule has 0 spiro atoms. The summed E-state index contributed by atoms with van der Waals surface area (Å²) in [4.78, 5) is 21.4. The van der Waals surface area contributed by atoms with Crippen molar-refractivity contribution in [2.45, 2.75) is 37.8 Å². The standard InChI is InChI=1S/C24H30N4OS2/c1-4-17(21-15-30-14-18(21)5-2)6-8-25-9-11-28-16-26-23-20(24(28)29)12-19-7-10-27(3)13-22(19)31-23/h5-6,14-16,25H,2,4,7-13H2,1,3H3/b17-6+. The van der Waals surface area contributed by atoms with Gasteiger partial charge in [-0.1, -0.05) is 43.0 Å². The number of thioether (sulfide) groups is 1. The van der Waals surface area contributed by atoms with E-state index in [2.05, 4.69) is 52.6 Å². The molecule has 5 nitrogen and oxygen atoms in total. The molecule has 4 heterocycles. The van der Waals surface area contributed by atoms with Gasteiger partial charge in [0, 0.05) is 44.0 Å². The van der Waals surface area contributed by atoms with Gasteiger partial charge in [0.2, 0.25) is 0 Å². The maximum atomic E-state index is 13.0. The third-order valence-electron chi connectivity index (χ3n) is 5.97. The minimum absolute atomic E-state index is 0.114. The average Bonchev–Trinajstić information content (AvgIpc) is 3.25. The highest BCUT2D eigenvalue weighted by Gasteiger charge is 2.26. The molecule has 7 heteroatoms. The van der Waals surface area contributed by atoms with Crippen LogP contribution >= 0.6 is 23.1 Å². The van der Waals surface area contributed by atoms with Crippen molar-refractivity contribution in [3.05, 3.63) is 67.3 Å². The van der Waals surface area contributed by atoms with Crippen LogP contribution in [0.2, 0.25) is 0 Å². The molecule has 0 unspecified atom stereocenters. The first-order valence-corrected chi connectivity index (χ1v) is 12.6. The van der Waals surface area contributed by atoms with Gasteiger partial charge < -0.3 is 10.2 Å². The molecule has 0 saturated heterocycles. The van der Waals surface area contributed by atoms with Crippen LogP contribution in [0.25, 0.3) is 11.6 Å². The lowest BCUT2D eigenvalue weighted by molar-refractivity contribution is 0.353. The second kappa shape index (κ2) is 10.1. The second-order valence-corrected chi connectivity index (χ2v) is 9.88. The van der Waals surface area contributed by atoms with Gasteiger partial charge >= 0.3 is 0 Å². The number of hydrogen-bond acceptors (Lipinski definition) is 6. The molecule has 0 fully saturated rings. The Morgan fingerprint density at radius 3 is 3.06 bits per heavy atom. The molecule has 31 heavy (non-hydrogen) atoms. The van der Waals surface area contributed by atoms with Gasteiger partial charge in [0.1, 0.15) is 5.03 Å². The van der Waals surface area contributed by atoms with E-state index in [4.69, 9.17) is 0 Å². The predicted molar refractivity (Wildman–Crippen MR) is 133 cm³/mol. The zero-order valence-electron chi connectivity index (χ0n) is 18.3. The monoisotopic (exact) mass is 454 g/mol. The highest BCUT2D eigenvalue weighted by atomic mass is 32.2.